The quantitative estimate of drug-likeness (QED) is 0.713. The summed E-state index contributed by atoms with van der Waals surface area (Å²) in [7, 11) is 0. The maximum Gasteiger partial charge on any atom is 0.223 e. The summed E-state index contributed by atoms with van der Waals surface area (Å²) in [5, 5.41) is 3.13. The normalized spacial score (nSPS) is 12.7. The van der Waals surface area contributed by atoms with Gasteiger partial charge in [0.05, 0.1) is 23.7 Å². The van der Waals surface area contributed by atoms with Gasteiger partial charge in [0.25, 0.3) is 0 Å². The zero-order chi connectivity index (χ0) is 17.5. The Morgan fingerprint density at radius 1 is 1.25 bits per heavy atom. The number of hydrogen-bond donors (Lipinski definition) is 1. The summed E-state index contributed by atoms with van der Waals surface area (Å²) < 4.78 is 7.66. The Balaban J connectivity index is 2.25. The number of para-hydroxylation sites is 2. The summed E-state index contributed by atoms with van der Waals surface area (Å²) in [6, 6.07) is 7.93. The predicted molar refractivity (Wildman–Crippen MR) is 96.9 cm³/mol. The van der Waals surface area contributed by atoms with E-state index in [4.69, 9.17) is 9.72 Å². The molecule has 1 heterocycles. The summed E-state index contributed by atoms with van der Waals surface area (Å²) in [6.45, 7) is 10.2. The number of carbonyl (C=O) groups is 1. The van der Waals surface area contributed by atoms with Crippen LogP contribution in [-0.2, 0) is 16.1 Å². The zero-order valence-corrected chi connectivity index (χ0v) is 15.2. The molecule has 0 spiro atoms. The lowest BCUT2D eigenvalue weighted by atomic mass is 10.0. The molecule has 0 bridgehead atoms. The molecule has 1 aromatic heterocycles. The average Bonchev–Trinajstić information content (AvgIpc) is 2.95. The van der Waals surface area contributed by atoms with Gasteiger partial charge < -0.3 is 14.6 Å². The number of hydrogen-bond acceptors (Lipinski definition) is 3. The molecule has 1 N–H and O–H groups in total. The molecule has 0 saturated carbocycles. The van der Waals surface area contributed by atoms with Crippen molar-refractivity contribution in [2.24, 2.45) is 5.92 Å². The molecule has 1 aromatic carbocycles. The van der Waals surface area contributed by atoms with Crippen molar-refractivity contribution < 1.29 is 9.53 Å². The number of rotatable bonds is 9. The number of nitrogens with zero attached hydrogens (tertiary/aromatic N) is 2. The maximum absolute atomic E-state index is 12.4. The molecule has 0 aliphatic rings. The van der Waals surface area contributed by atoms with Crippen LogP contribution in [0.25, 0.3) is 11.0 Å². The minimum absolute atomic E-state index is 0.0636. The lowest BCUT2D eigenvalue weighted by Gasteiger charge is -2.19. The molecule has 0 fully saturated rings. The van der Waals surface area contributed by atoms with E-state index in [0.717, 1.165) is 36.2 Å². The van der Waals surface area contributed by atoms with Crippen LogP contribution in [0.4, 0.5) is 0 Å². The third-order valence-corrected chi connectivity index (χ3v) is 4.45. The first-order valence-corrected chi connectivity index (χ1v) is 8.95. The fourth-order valence-corrected chi connectivity index (χ4v) is 3.02. The topological polar surface area (TPSA) is 56.1 Å². The number of carbonyl (C=O) groups excluding carboxylic acids is 1. The van der Waals surface area contributed by atoms with E-state index in [1.807, 2.05) is 32.0 Å². The van der Waals surface area contributed by atoms with E-state index in [1.54, 1.807) is 0 Å². The molecule has 2 rings (SSSR count). The molecule has 0 aliphatic carbocycles. The van der Waals surface area contributed by atoms with Crippen LogP contribution in [0.2, 0.25) is 0 Å². The van der Waals surface area contributed by atoms with Crippen molar-refractivity contribution in [2.75, 3.05) is 13.2 Å². The molecule has 132 valence electrons. The minimum Gasteiger partial charge on any atom is -0.380 e. The molecule has 1 amide bonds. The fourth-order valence-electron chi connectivity index (χ4n) is 3.02. The highest BCUT2D eigenvalue weighted by molar-refractivity contribution is 5.79. The highest BCUT2D eigenvalue weighted by Gasteiger charge is 2.21. The first-order chi connectivity index (χ1) is 11.6. The molecule has 24 heavy (non-hydrogen) atoms. The summed E-state index contributed by atoms with van der Waals surface area (Å²) in [6.07, 6.45) is 1.71. The summed E-state index contributed by atoms with van der Waals surface area (Å²) in [4.78, 5) is 17.2. The van der Waals surface area contributed by atoms with E-state index in [1.165, 1.54) is 0 Å². The molecule has 5 heteroatoms. The van der Waals surface area contributed by atoms with E-state index in [2.05, 4.69) is 29.8 Å². The van der Waals surface area contributed by atoms with E-state index in [-0.39, 0.29) is 17.9 Å². The van der Waals surface area contributed by atoms with Crippen molar-refractivity contribution in [3.05, 3.63) is 30.1 Å². The number of ether oxygens (including phenoxy) is 1. The van der Waals surface area contributed by atoms with Crippen LogP contribution >= 0.6 is 0 Å². The van der Waals surface area contributed by atoms with Gasteiger partial charge in [-0.25, -0.2) is 4.98 Å². The number of aromatic nitrogens is 2. The van der Waals surface area contributed by atoms with E-state index in [0.29, 0.717) is 13.2 Å². The monoisotopic (exact) mass is 331 g/mol. The average molecular weight is 331 g/mol. The Morgan fingerprint density at radius 3 is 2.62 bits per heavy atom. The Hall–Kier alpha value is -1.88. The fraction of sp³-hybridized carbons (Fsp3) is 0.579. The number of benzene rings is 1. The summed E-state index contributed by atoms with van der Waals surface area (Å²) in [5.41, 5.74) is 2.03. The van der Waals surface area contributed by atoms with Crippen LogP contribution in [-0.4, -0.2) is 28.7 Å². The van der Waals surface area contributed by atoms with Gasteiger partial charge in [-0.05, 0) is 38.8 Å². The molecule has 0 saturated heterocycles. The molecule has 0 radical (unpaired) electrons. The molecular formula is C19H29N3O2. The van der Waals surface area contributed by atoms with Gasteiger partial charge in [0.2, 0.25) is 5.91 Å². The highest BCUT2D eigenvalue weighted by Crippen LogP contribution is 2.21. The van der Waals surface area contributed by atoms with Crippen molar-refractivity contribution in [3.8, 4) is 0 Å². The van der Waals surface area contributed by atoms with Gasteiger partial charge >= 0.3 is 0 Å². The van der Waals surface area contributed by atoms with Crippen molar-refractivity contribution in [1.29, 1.82) is 0 Å². The van der Waals surface area contributed by atoms with E-state index < -0.39 is 0 Å². The Bertz CT molecular complexity index is 662. The van der Waals surface area contributed by atoms with Crippen molar-refractivity contribution >= 4 is 16.9 Å². The largest absolute Gasteiger partial charge is 0.380 e. The molecule has 2 aromatic rings. The van der Waals surface area contributed by atoms with Gasteiger partial charge in [-0.2, -0.15) is 0 Å². The van der Waals surface area contributed by atoms with Crippen LogP contribution in [0.15, 0.2) is 24.3 Å². The highest BCUT2D eigenvalue weighted by atomic mass is 16.5. The maximum atomic E-state index is 12.4. The molecule has 1 unspecified atom stereocenters. The second-order valence-electron chi connectivity index (χ2n) is 6.05. The zero-order valence-electron chi connectivity index (χ0n) is 15.2. The Morgan fingerprint density at radius 2 is 1.96 bits per heavy atom. The van der Waals surface area contributed by atoms with Crippen LogP contribution < -0.4 is 5.32 Å². The summed E-state index contributed by atoms with van der Waals surface area (Å²) in [5.74, 6) is 1.06. The molecular weight excluding hydrogens is 302 g/mol. The second-order valence-corrected chi connectivity index (χ2v) is 6.05. The third-order valence-electron chi connectivity index (χ3n) is 4.45. The standard InChI is InChI=1S/C19H29N3O2/c1-5-15(6-2)19(23)20-14(4)18-21-16-10-8-9-11-17(16)22(18)12-13-24-7-3/h8-11,14-15H,5-7,12-13H2,1-4H3,(H,20,23). The lowest BCUT2D eigenvalue weighted by molar-refractivity contribution is -0.125. The van der Waals surface area contributed by atoms with Gasteiger partial charge in [0, 0.05) is 19.1 Å². The van der Waals surface area contributed by atoms with Crippen LogP contribution in [0.3, 0.4) is 0 Å². The first-order valence-electron chi connectivity index (χ1n) is 8.95. The minimum atomic E-state index is -0.132. The lowest BCUT2D eigenvalue weighted by Crippen LogP contribution is -2.33. The third kappa shape index (κ3) is 4.15. The second kappa shape index (κ2) is 8.83. The Labute approximate surface area is 144 Å². The number of imidazole rings is 1. The predicted octanol–water partition coefficient (Wildman–Crippen LogP) is 3.69. The Kier molecular flexibility index (Phi) is 6.79. The van der Waals surface area contributed by atoms with Crippen LogP contribution in [0.5, 0.6) is 0 Å². The first kappa shape index (κ1) is 18.5. The summed E-state index contributed by atoms with van der Waals surface area (Å²) >= 11 is 0. The van der Waals surface area contributed by atoms with E-state index >= 15 is 0 Å². The van der Waals surface area contributed by atoms with Crippen molar-refractivity contribution in [3.63, 3.8) is 0 Å². The van der Waals surface area contributed by atoms with Crippen LogP contribution in [0.1, 0.15) is 52.4 Å². The number of nitrogens with one attached hydrogen (secondary N) is 1. The molecule has 5 nitrogen and oxygen atoms in total. The van der Waals surface area contributed by atoms with Gasteiger partial charge in [0.1, 0.15) is 5.82 Å². The molecule has 0 aliphatic heterocycles. The van der Waals surface area contributed by atoms with Gasteiger partial charge in [-0.3, -0.25) is 4.79 Å². The van der Waals surface area contributed by atoms with Gasteiger partial charge in [-0.15, -0.1) is 0 Å². The van der Waals surface area contributed by atoms with Crippen molar-refractivity contribution in [1.82, 2.24) is 14.9 Å². The molecule has 1 atom stereocenters. The smallest absolute Gasteiger partial charge is 0.223 e. The number of fused-ring (bicyclic) bond motifs is 1. The van der Waals surface area contributed by atoms with E-state index in [9.17, 15) is 4.79 Å². The SMILES string of the molecule is CCOCCn1c(C(C)NC(=O)C(CC)CC)nc2ccccc21. The number of amides is 1. The van der Waals surface area contributed by atoms with Crippen LogP contribution in [0, 0.1) is 5.92 Å². The van der Waals surface area contributed by atoms with Gasteiger partial charge in [-0.1, -0.05) is 26.0 Å². The van der Waals surface area contributed by atoms with Gasteiger partial charge in [0.15, 0.2) is 0 Å². The van der Waals surface area contributed by atoms with Crippen molar-refractivity contribution in [2.45, 2.75) is 53.1 Å².